The molecule has 0 radical (unpaired) electrons. The second-order valence-electron chi connectivity index (χ2n) is 10.3. The van der Waals surface area contributed by atoms with Crippen LogP contribution < -0.4 is 14.9 Å². The predicted octanol–water partition coefficient (Wildman–Crippen LogP) is 5.96. The minimum atomic E-state index is -3.39. The van der Waals surface area contributed by atoms with Crippen LogP contribution in [-0.2, 0) is 10.0 Å². The number of aryl methyl sites for hydroxylation is 3. The molecule has 0 aliphatic carbocycles. The van der Waals surface area contributed by atoms with Gasteiger partial charge in [0.2, 0.25) is 10.0 Å². The first-order valence-corrected chi connectivity index (χ1v) is 15.1. The Balaban J connectivity index is 1.67. The van der Waals surface area contributed by atoms with Gasteiger partial charge in [0.1, 0.15) is 0 Å². The van der Waals surface area contributed by atoms with Crippen molar-refractivity contribution in [3.63, 3.8) is 0 Å². The molecule has 2 aromatic carbocycles. The summed E-state index contributed by atoms with van der Waals surface area (Å²) < 4.78 is 28.6. The summed E-state index contributed by atoms with van der Waals surface area (Å²) in [7, 11) is -3.39. The lowest BCUT2D eigenvalue weighted by molar-refractivity contribution is 0.565. The van der Waals surface area contributed by atoms with Gasteiger partial charge >= 0.3 is 0 Å². The number of hydrogen-bond donors (Lipinski definition) is 2. The lowest BCUT2D eigenvalue weighted by Crippen LogP contribution is -2.29. The Hall–Kier alpha value is -3.69. The van der Waals surface area contributed by atoms with Gasteiger partial charge < -0.3 is 14.8 Å². The Kier molecular flexibility index (Phi) is 6.99. The molecule has 5 rings (SSSR count). The molecule has 0 amide bonds. The van der Waals surface area contributed by atoms with Crippen LogP contribution in [0.25, 0.3) is 5.69 Å². The molecule has 1 aliphatic rings. The molecule has 3 heterocycles. The lowest BCUT2D eigenvalue weighted by atomic mass is 9.96. The van der Waals surface area contributed by atoms with Crippen LogP contribution in [0.5, 0.6) is 0 Å². The Bertz CT molecular complexity index is 1680. The summed E-state index contributed by atoms with van der Waals surface area (Å²) in [4.78, 5) is 6.81. The number of hydrogen-bond acceptors (Lipinski definition) is 4. The molecule has 1 saturated heterocycles. The van der Waals surface area contributed by atoms with Crippen LogP contribution in [0.2, 0.25) is 0 Å². The van der Waals surface area contributed by atoms with Gasteiger partial charge in [-0.25, -0.2) is 8.42 Å². The van der Waals surface area contributed by atoms with Gasteiger partial charge in [-0.1, -0.05) is 18.2 Å². The van der Waals surface area contributed by atoms with Crippen molar-refractivity contribution < 1.29 is 8.42 Å². The van der Waals surface area contributed by atoms with Crippen molar-refractivity contribution in [3.8, 4) is 5.69 Å². The van der Waals surface area contributed by atoms with Crippen LogP contribution >= 0.6 is 12.2 Å². The van der Waals surface area contributed by atoms with Crippen LogP contribution in [0.15, 0.2) is 66.9 Å². The molecule has 39 heavy (non-hydrogen) atoms. The Morgan fingerprint density at radius 3 is 2.38 bits per heavy atom. The molecule has 9 heteroatoms. The van der Waals surface area contributed by atoms with Crippen LogP contribution in [-0.4, -0.2) is 29.3 Å². The SMILES string of the molecule is Cc1cc(N2C(=S)N[C@@H](c3ccccn3)[C@H]2c2cc(C)n(-c3cccc(C)c3C)c2C)ccc1NS(C)(=O)=O. The summed E-state index contributed by atoms with van der Waals surface area (Å²) in [6.07, 6.45) is 2.95. The maximum atomic E-state index is 11.9. The predicted molar refractivity (Wildman–Crippen MR) is 162 cm³/mol. The van der Waals surface area contributed by atoms with Crippen molar-refractivity contribution in [1.29, 1.82) is 0 Å². The Labute approximate surface area is 235 Å². The van der Waals surface area contributed by atoms with E-state index in [4.69, 9.17) is 12.2 Å². The fourth-order valence-electron chi connectivity index (χ4n) is 5.50. The third kappa shape index (κ3) is 5.04. The molecule has 7 nitrogen and oxygen atoms in total. The Morgan fingerprint density at radius 1 is 0.949 bits per heavy atom. The molecule has 2 atom stereocenters. The number of anilines is 2. The number of rotatable bonds is 6. The van der Waals surface area contributed by atoms with E-state index in [0.717, 1.165) is 45.8 Å². The molecule has 0 unspecified atom stereocenters. The quantitative estimate of drug-likeness (QED) is 0.284. The number of thiocarbonyl (C=S) groups is 1. The summed E-state index contributed by atoms with van der Waals surface area (Å²) in [6, 6.07) is 19.9. The molecule has 0 bridgehead atoms. The number of aromatic nitrogens is 2. The van der Waals surface area contributed by atoms with E-state index >= 15 is 0 Å². The van der Waals surface area contributed by atoms with Gasteiger partial charge in [-0.05, 0) is 112 Å². The monoisotopic (exact) mass is 559 g/mol. The van der Waals surface area contributed by atoms with E-state index < -0.39 is 10.0 Å². The van der Waals surface area contributed by atoms with E-state index in [2.05, 4.69) is 76.5 Å². The van der Waals surface area contributed by atoms with Gasteiger partial charge in [0.05, 0.1) is 29.7 Å². The molecule has 2 N–H and O–H groups in total. The first-order valence-electron chi connectivity index (χ1n) is 12.8. The van der Waals surface area contributed by atoms with Crippen molar-refractivity contribution in [1.82, 2.24) is 14.9 Å². The zero-order valence-electron chi connectivity index (χ0n) is 23.0. The average molecular weight is 560 g/mol. The number of pyridine rings is 1. The van der Waals surface area contributed by atoms with Crippen LogP contribution in [0, 0.1) is 34.6 Å². The molecule has 2 aromatic heterocycles. The largest absolute Gasteiger partial charge is 0.351 e. The molecular formula is C30H33N5O2S2. The first kappa shape index (κ1) is 26.9. The standard InChI is InChI=1S/C30H33N5O2S2/c1-18-10-9-12-27(21(18)4)34-20(3)17-24(22(34)5)29-28(26-11-7-8-15-31-26)32-30(38)35(29)23-13-14-25(19(2)16-23)33-39(6,36)37/h7-17,28-29,33H,1-6H3,(H,32,38)/t28-,29+/m0/s1. The van der Waals surface area contributed by atoms with E-state index in [0.29, 0.717) is 10.8 Å². The third-order valence-corrected chi connectivity index (χ3v) is 8.39. The van der Waals surface area contributed by atoms with E-state index in [9.17, 15) is 8.42 Å². The molecule has 1 fully saturated rings. The summed E-state index contributed by atoms with van der Waals surface area (Å²) in [5.41, 5.74) is 10.2. The van der Waals surface area contributed by atoms with E-state index in [1.807, 2.05) is 37.3 Å². The smallest absolute Gasteiger partial charge is 0.229 e. The van der Waals surface area contributed by atoms with Crippen LogP contribution in [0.4, 0.5) is 11.4 Å². The first-order chi connectivity index (χ1) is 18.5. The van der Waals surface area contributed by atoms with Gasteiger partial charge in [0, 0.05) is 29.0 Å². The fourth-order valence-corrected chi connectivity index (χ4v) is 6.47. The van der Waals surface area contributed by atoms with Crippen molar-refractivity contribution in [2.24, 2.45) is 0 Å². The highest BCUT2D eigenvalue weighted by Gasteiger charge is 2.42. The highest BCUT2D eigenvalue weighted by molar-refractivity contribution is 7.92. The van der Waals surface area contributed by atoms with Gasteiger partial charge in [-0.2, -0.15) is 0 Å². The minimum Gasteiger partial charge on any atom is -0.351 e. The number of nitrogens with one attached hydrogen (secondary N) is 2. The highest BCUT2D eigenvalue weighted by atomic mass is 32.2. The zero-order valence-corrected chi connectivity index (χ0v) is 24.6. The van der Waals surface area contributed by atoms with Crippen molar-refractivity contribution >= 4 is 38.7 Å². The summed E-state index contributed by atoms with van der Waals surface area (Å²) in [6.45, 7) is 10.5. The maximum Gasteiger partial charge on any atom is 0.229 e. The van der Waals surface area contributed by atoms with E-state index in [1.54, 1.807) is 12.3 Å². The average Bonchev–Trinajstić information content (AvgIpc) is 3.37. The normalized spacial score (nSPS) is 17.4. The number of benzene rings is 2. The Morgan fingerprint density at radius 2 is 1.72 bits per heavy atom. The van der Waals surface area contributed by atoms with E-state index in [1.165, 1.54) is 11.1 Å². The number of nitrogens with zero attached hydrogens (tertiary/aromatic N) is 3. The van der Waals surface area contributed by atoms with Gasteiger partial charge in [-0.3, -0.25) is 9.71 Å². The van der Waals surface area contributed by atoms with Gasteiger partial charge in [-0.15, -0.1) is 0 Å². The summed E-state index contributed by atoms with van der Waals surface area (Å²) in [5, 5.41) is 4.12. The van der Waals surface area contributed by atoms with E-state index in [-0.39, 0.29) is 12.1 Å². The second kappa shape index (κ2) is 10.1. The molecule has 1 aliphatic heterocycles. The van der Waals surface area contributed by atoms with Crippen molar-refractivity contribution in [3.05, 3.63) is 106 Å². The second-order valence-corrected chi connectivity index (χ2v) is 12.4. The topological polar surface area (TPSA) is 79.3 Å². The molecule has 0 spiro atoms. The summed E-state index contributed by atoms with van der Waals surface area (Å²) >= 11 is 5.92. The van der Waals surface area contributed by atoms with Crippen molar-refractivity contribution in [2.45, 2.75) is 46.7 Å². The third-order valence-electron chi connectivity index (χ3n) is 7.49. The minimum absolute atomic E-state index is 0.175. The number of sulfonamides is 1. The van der Waals surface area contributed by atoms with Gasteiger partial charge in [0.15, 0.2) is 5.11 Å². The molecule has 4 aromatic rings. The fraction of sp³-hybridized carbons (Fsp3) is 0.267. The van der Waals surface area contributed by atoms with Crippen LogP contribution in [0.1, 0.15) is 51.4 Å². The lowest BCUT2D eigenvalue weighted by Gasteiger charge is -2.29. The highest BCUT2D eigenvalue weighted by Crippen LogP contribution is 2.44. The summed E-state index contributed by atoms with van der Waals surface area (Å²) in [5.74, 6) is 0. The zero-order chi connectivity index (χ0) is 28.1. The maximum absolute atomic E-state index is 11.9. The van der Waals surface area contributed by atoms with Crippen LogP contribution in [0.3, 0.4) is 0 Å². The molecular weight excluding hydrogens is 526 g/mol. The molecule has 0 saturated carbocycles. The molecule has 202 valence electrons. The van der Waals surface area contributed by atoms with Crippen molar-refractivity contribution in [2.75, 3.05) is 15.9 Å². The van der Waals surface area contributed by atoms with Gasteiger partial charge in [0.25, 0.3) is 0 Å².